The Kier molecular flexibility index (Phi) is 4.89. The number of thioether (sulfide) groups is 1. The number of halogens is 3. The van der Waals surface area contributed by atoms with E-state index >= 15 is 0 Å². The smallest absolute Gasteiger partial charge is 0.237 e. The molecule has 0 saturated carbocycles. The Morgan fingerprint density at radius 1 is 1.27 bits per heavy atom. The van der Waals surface area contributed by atoms with Gasteiger partial charge in [-0.25, -0.2) is 17.8 Å². The minimum atomic E-state index is -1.66. The lowest BCUT2D eigenvalue weighted by Gasteiger charge is -2.12. The molecule has 2 heterocycles. The van der Waals surface area contributed by atoms with Crippen LogP contribution in [0.2, 0.25) is 0 Å². The molecule has 11 heteroatoms. The standard InChI is InChI=1S/C15H12F3N5O2S/c1-7(14(24)20-9-5-4-8(16)11(17)12(9)18)26-15-22-21-13(23(15)19)10-3-2-6-25-10/h2-7H,19H2,1H3,(H,20,24)/t7-/m1/s1. The molecule has 2 aromatic heterocycles. The second-order valence-electron chi connectivity index (χ2n) is 5.13. The highest BCUT2D eigenvalue weighted by Gasteiger charge is 2.22. The minimum Gasteiger partial charge on any atom is -0.461 e. The van der Waals surface area contributed by atoms with E-state index in [-0.39, 0.29) is 11.0 Å². The maximum atomic E-state index is 13.6. The molecule has 0 unspecified atom stereocenters. The van der Waals surface area contributed by atoms with Crippen molar-refractivity contribution >= 4 is 23.4 Å². The number of nitrogens with zero attached hydrogens (tertiary/aromatic N) is 3. The molecule has 26 heavy (non-hydrogen) atoms. The fourth-order valence-corrected chi connectivity index (χ4v) is 2.77. The van der Waals surface area contributed by atoms with Crippen molar-refractivity contribution in [2.24, 2.45) is 0 Å². The minimum absolute atomic E-state index is 0.213. The molecule has 0 fully saturated rings. The number of carbonyl (C=O) groups is 1. The van der Waals surface area contributed by atoms with E-state index in [1.54, 1.807) is 12.1 Å². The number of carbonyl (C=O) groups excluding carboxylic acids is 1. The molecule has 3 aromatic rings. The monoisotopic (exact) mass is 383 g/mol. The summed E-state index contributed by atoms with van der Waals surface area (Å²) in [7, 11) is 0. The number of hydrogen-bond donors (Lipinski definition) is 2. The molecule has 0 aliphatic carbocycles. The number of nitrogens with one attached hydrogen (secondary N) is 1. The number of nitrogens with two attached hydrogens (primary N) is 1. The van der Waals surface area contributed by atoms with Crippen molar-refractivity contribution in [1.29, 1.82) is 0 Å². The molecule has 136 valence electrons. The molecule has 0 aliphatic rings. The van der Waals surface area contributed by atoms with E-state index in [1.165, 1.54) is 13.2 Å². The predicted octanol–water partition coefficient (Wildman–Crippen LogP) is 2.79. The van der Waals surface area contributed by atoms with Gasteiger partial charge in [-0.15, -0.1) is 10.2 Å². The van der Waals surface area contributed by atoms with Crippen molar-refractivity contribution in [3.8, 4) is 11.6 Å². The van der Waals surface area contributed by atoms with Crippen LogP contribution in [0.3, 0.4) is 0 Å². The van der Waals surface area contributed by atoms with E-state index in [2.05, 4.69) is 15.5 Å². The number of aromatic nitrogens is 3. The van der Waals surface area contributed by atoms with Gasteiger partial charge < -0.3 is 15.6 Å². The van der Waals surface area contributed by atoms with Gasteiger partial charge in [0.15, 0.2) is 23.2 Å². The maximum absolute atomic E-state index is 13.6. The van der Waals surface area contributed by atoms with E-state index in [9.17, 15) is 18.0 Å². The Bertz CT molecular complexity index is 945. The quantitative estimate of drug-likeness (QED) is 0.399. The summed E-state index contributed by atoms with van der Waals surface area (Å²) in [6.45, 7) is 1.51. The van der Waals surface area contributed by atoms with Crippen molar-refractivity contribution in [3.05, 3.63) is 48.0 Å². The van der Waals surface area contributed by atoms with E-state index in [1.807, 2.05) is 0 Å². The molecule has 7 nitrogen and oxygen atoms in total. The van der Waals surface area contributed by atoms with Crippen LogP contribution in [0, 0.1) is 17.5 Å². The molecule has 1 amide bonds. The number of furan rings is 1. The molecular weight excluding hydrogens is 371 g/mol. The van der Waals surface area contributed by atoms with Crippen LogP contribution in [0.1, 0.15) is 6.92 Å². The van der Waals surface area contributed by atoms with Gasteiger partial charge in [-0.3, -0.25) is 4.79 Å². The van der Waals surface area contributed by atoms with Gasteiger partial charge in [0.1, 0.15) is 0 Å². The fraction of sp³-hybridized carbons (Fsp3) is 0.133. The van der Waals surface area contributed by atoms with Crippen LogP contribution < -0.4 is 11.2 Å². The third-order valence-electron chi connectivity index (χ3n) is 3.35. The second kappa shape index (κ2) is 7.12. The van der Waals surface area contributed by atoms with Crippen molar-refractivity contribution in [1.82, 2.24) is 14.9 Å². The molecule has 0 spiro atoms. The van der Waals surface area contributed by atoms with Gasteiger partial charge in [-0.2, -0.15) is 0 Å². The molecule has 3 rings (SSSR count). The molecule has 3 N–H and O–H groups in total. The highest BCUT2D eigenvalue weighted by molar-refractivity contribution is 8.00. The lowest BCUT2D eigenvalue weighted by atomic mass is 10.2. The van der Waals surface area contributed by atoms with Gasteiger partial charge in [0, 0.05) is 0 Å². The molecule has 0 aliphatic heterocycles. The predicted molar refractivity (Wildman–Crippen MR) is 88.1 cm³/mol. The van der Waals surface area contributed by atoms with Gasteiger partial charge >= 0.3 is 0 Å². The van der Waals surface area contributed by atoms with Gasteiger partial charge in [0.25, 0.3) is 0 Å². The third-order valence-corrected chi connectivity index (χ3v) is 4.41. The normalized spacial score (nSPS) is 12.2. The van der Waals surface area contributed by atoms with Crippen LogP contribution >= 0.6 is 11.8 Å². The van der Waals surface area contributed by atoms with Crippen LogP contribution in [0.4, 0.5) is 18.9 Å². The summed E-state index contributed by atoms with van der Waals surface area (Å²) in [6.07, 6.45) is 1.45. The van der Waals surface area contributed by atoms with E-state index in [4.69, 9.17) is 10.3 Å². The molecule has 1 aromatic carbocycles. The Balaban J connectivity index is 1.71. The number of anilines is 1. The summed E-state index contributed by atoms with van der Waals surface area (Å²) < 4.78 is 46.1. The zero-order valence-electron chi connectivity index (χ0n) is 13.2. The molecule has 0 radical (unpaired) electrons. The molecule has 1 atom stereocenters. The largest absolute Gasteiger partial charge is 0.461 e. The topological polar surface area (TPSA) is 99.0 Å². The molecule has 0 bridgehead atoms. The first kappa shape index (κ1) is 17.9. The average Bonchev–Trinajstić information content (AvgIpc) is 3.26. The average molecular weight is 383 g/mol. The summed E-state index contributed by atoms with van der Waals surface area (Å²) in [5.74, 6) is 1.41. The first-order chi connectivity index (χ1) is 12.4. The summed E-state index contributed by atoms with van der Waals surface area (Å²) in [5.41, 5.74) is -0.466. The van der Waals surface area contributed by atoms with Crippen molar-refractivity contribution in [2.75, 3.05) is 11.2 Å². The van der Waals surface area contributed by atoms with Crippen LogP contribution in [0.5, 0.6) is 0 Å². The first-order valence-electron chi connectivity index (χ1n) is 7.24. The van der Waals surface area contributed by atoms with Crippen molar-refractivity contribution in [2.45, 2.75) is 17.3 Å². The summed E-state index contributed by atoms with van der Waals surface area (Å²) >= 11 is 0.949. The third kappa shape index (κ3) is 3.38. The lowest BCUT2D eigenvalue weighted by molar-refractivity contribution is -0.115. The second-order valence-corrected chi connectivity index (χ2v) is 6.43. The summed E-state index contributed by atoms with van der Waals surface area (Å²) in [5, 5.41) is 9.38. The van der Waals surface area contributed by atoms with Crippen LogP contribution in [-0.4, -0.2) is 26.0 Å². The highest BCUT2D eigenvalue weighted by Crippen LogP contribution is 2.26. The molecule has 0 saturated heterocycles. The van der Waals surface area contributed by atoms with Gasteiger partial charge in [-0.05, 0) is 31.2 Å². The highest BCUT2D eigenvalue weighted by atomic mass is 32.2. The molecular formula is C15H12F3N5O2S. The number of benzene rings is 1. The summed E-state index contributed by atoms with van der Waals surface area (Å²) in [6, 6.07) is 4.95. The Morgan fingerprint density at radius 3 is 2.73 bits per heavy atom. The zero-order valence-corrected chi connectivity index (χ0v) is 14.1. The van der Waals surface area contributed by atoms with E-state index < -0.39 is 34.3 Å². The Labute approximate surface area is 149 Å². The van der Waals surface area contributed by atoms with Crippen LogP contribution in [-0.2, 0) is 4.79 Å². The maximum Gasteiger partial charge on any atom is 0.237 e. The Hall–Kier alpha value is -2.95. The fourth-order valence-electron chi connectivity index (χ4n) is 2.00. The van der Waals surface area contributed by atoms with Gasteiger partial charge in [0.05, 0.1) is 17.2 Å². The van der Waals surface area contributed by atoms with E-state index in [0.717, 1.165) is 28.6 Å². The van der Waals surface area contributed by atoms with Crippen molar-refractivity contribution in [3.63, 3.8) is 0 Å². The number of amides is 1. The van der Waals surface area contributed by atoms with Gasteiger partial charge in [-0.1, -0.05) is 11.8 Å². The number of hydrogen-bond acceptors (Lipinski definition) is 6. The van der Waals surface area contributed by atoms with E-state index in [0.29, 0.717) is 5.76 Å². The number of nitrogen functional groups attached to an aromatic ring is 1. The Morgan fingerprint density at radius 2 is 2.04 bits per heavy atom. The SMILES string of the molecule is C[C@@H](Sc1nnc(-c2ccco2)n1N)C(=O)Nc1ccc(F)c(F)c1F. The van der Waals surface area contributed by atoms with Gasteiger partial charge in [0.2, 0.25) is 16.9 Å². The lowest BCUT2D eigenvalue weighted by Crippen LogP contribution is -2.24. The number of rotatable bonds is 5. The summed E-state index contributed by atoms with van der Waals surface area (Å²) in [4.78, 5) is 12.2. The van der Waals surface area contributed by atoms with Crippen molar-refractivity contribution < 1.29 is 22.4 Å². The van der Waals surface area contributed by atoms with Crippen LogP contribution in [0.25, 0.3) is 11.6 Å². The first-order valence-corrected chi connectivity index (χ1v) is 8.12. The van der Waals surface area contributed by atoms with Crippen LogP contribution in [0.15, 0.2) is 40.1 Å². The zero-order chi connectivity index (χ0) is 18.8.